The van der Waals surface area contributed by atoms with Gasteiger partial charge in [0.25, 0.3) is 5.56 Å². The van der Waals surface area contributed by atoms with Crippen molar-refractivity contribution in [2.24, 2.45) is 0 Å². The standard InChI is InChI=1S/C13H10ClN3O4/c14-8-1-3-9(4-2-8)15-11(18)7-17-12(19)6-5-10(16-17)13(20)21/h1-6H,7H2,(H,15,18)(H,20,21). The number of aromatic carboxylic acids is 1. The summed E-state index contributed by atoms with van der Waals surface area (Å²) in [6.45, 7) is -0.386. The molecule has 2 N–H and O–H groups in total. The van der Waals surface area contributed by atoms with Gasteiger partial charge in [0.05, 0.1) is 0 Å². The second-order valence-corrected chi connectivity index (χ2v) is 4.51. The normalized spacial score (nSPS) is 10.1. The first-order chi connectivity index (χ1) is 9.95. The van der Waals surface area contributed by atoms with E-state index in [9.17, 15) is 14.4 Å². The lowest BCUT2D eigenvalue weighted by atomic mass is 10.3. The molecule has 0 saturated carbocycles. The first kappa shape index (κ1) is 14.7. The van der Waals surface area contributed by atoms with Crippen molar-refractivity contribution in [3.8, 4) is 0 Å². The van der Waals surface area contributed by atoms with E-state index in [2.05, 4.69) is 10.4 Å². The highest BCUT2D eigenvalue weighted by Crippen LogP contribution is 2.13. The highest BCUT2D eigenvalue weighted by molar-refractivity contribution is 6.30. The van der Waals surface area contributed by atoms with Crippen molar-refractivity contribution in [3.63, 3.8) is 0 Å². The van der Waals surface area contributed by atoms with E-state index in [1.165, 1.54) is 0 Å². The van der Waals surface area contributed by atoms with Crippen LogP contribution in [0.3, 0.4) is 0 Å². The third-order valence-corrected chi connectivity index (χ3v) is 2.76. The van der Waals surface area contributed by atoms with E-state index in [4.69, 9.17) is 16.7 Å². The SMILES string of the molecule is O=C(Cn1nc(C(=O)O)ccc1=O)Nc1ccc(Cl)cc1. The van der Waals surface area contributed by atoms with Gasteiger partial charge < -0.3 is 10.4 Å². The summed E-state index contributed by atoms with van der Waals surface area (Å²) in [5, 5.41) is 15.5. The van der Waals surface area contributed by atoms with Crippen LogP contribution in [0.1, 0.15) is 10.5 Å². The van der Waals surface area contributed by atoms with Gasteiger partial charge in [-0.2, -0.15) is 5.10 Å². The van der Waals surface area contributed by atoms with Gasteiger partial charge in [0.1, 0.15) is 6.54 Å². The Kier molecular flexibility index (Phi) is 4.34. The summed E-state index contributed by atoms with van der Waals surface area (Å²) in [5.41, 5.74) is -0.369. The Bertz CT molecular complexity index is 740. The predicted molar refractivity (Wildman–Crippen MR) is 75.5 cm³/mol. The Balaban J connectivity index is 2.12. The van der Waals surface area contributed by atoms with Crippen molar-refractivity contribution in [1.82, 2.24) is 9.78 Å². The number of nitrogens with one attached hydrogen (secondary N) is 1. The molecule has 2 rings (SSSR count). The van der Waals surface area contributed by atoms with Crippen molar-refractivity contribution < 1.29 is 14.7 Å². The quantitative estimate of drug-likeness (QED) is 0.884. The number of hydrogen-bond acceptors (Lipinski definition) is 4. The van der Waals surface area contributed by atoms with Gasteiger partial charge in [-0.1, -0.05) is 11.6 Å². The van der Waals surface area contributed by atoms with Gasteiger partial charge in [-0.3, -0.25) is 9.59 Å². The second kappa shape index (κ2) is 6.19. The number of carboxylic acids is 1. The van der Waals surface area contributed by atoms with E-state index in [1.54, 1.807) is 24.3 Å². The molecule has 1 amide bonds. The molecule has 2 aromatic rings. The number of halogens is 1. The fraction of sp³-hybridized carbons (Fsp3) is 0.0769. The number of carboxylic acid groups (broad SMARTS) is 1. The van der Waals surface area contributed by atoms with Crippen LogP contribution in [0.25, 0.3) is 0 Å². The molecule has 1 aromatic carbocycles. The average molecular weight is 308 g/mol. The summed E-state index contributed by atoms with van der Waals surface area (Å²) in [4.78, 5) is 34.1. The fourth-order valence-electron chi connectivity index (χ4n) is 1.55. The lowest BCUT2D eigenvalue weighted by Crippen LogP contribution is -2.30. The molecule has 0 bridgehead atoms. The van der Waals surface area contributed by atoms with E-state index in [-0.39, 0.29) is 12.2 Å². The molecule has 0 aliphatic carbocycles. The van der Waals surface area contributed by atoms with Crippen molar-refractivity contribution in [3.05, 3.63) is 57.5 Å². The molecular weight excluding hydrogens is 298 g/mol. The van der Waals surface area contributed by atoms with Gasteiger partial charge in [0, 0.05) is 16.8 Å². The van der Waals surface area contributed by atoms with Crippen LogP contribution in [0.4, 0.5) is 5.69 Å². The van der Waals surface area contributed by atoms with E-state index in [0.29, 0.717) is 10.7 Å². The minimum Gasteiger partial charge on any atom is -0.476 e. The summed E-state index contributed by atoms with van der Waals surface area (Å²) >= 11 is 5.72. The highest BCUT2D eigenvalue weighted by Gasteiger charge is 2.10. The molecule has 7 nitrogen and oxygen atoms in total. The second-order valence-electron chi connectivity index (χ2n) is 4.07. The van der Waals surface area contributed by atoms with Crippen LogP contribution in [0.15, 0.2) is 41.2 Å². The number of carbonyl (C=O) groups excluding carboxylic acids is 1. The maximum atomic E-state index is 11.8. The number of carbonyl (C=O) groups is 2. The molecular formula is C13H10ClN3O4. The Morgan fingerprint density at radius 3 is 2.48 bits per heavy atom. The topological polar surface area (TPSA) is 101 Å². The minimum atomic E-state index is -1.28. The summed E-state index contributed by atoms with van der Waals surface area (Å²) in [5.74, 6) is -1.78. The lowest BCUT2D eigenvalue weighted by molar-refractivity contribution is -0.117. The zero-order valence-corrected chi connectivity index (χ0v) is 11.4. The van der Waals surface area contributed by atoms with Crippen LogP contribution in [-0.2, 0) is 11.3 Å². The van der Waals surface area contributed by atoms with Gasteiger partial charge in [0.2, 0.25) is 5.91 Å². The van der Waals surface area contributed by atoms with E-state index in [1.807, 2.05) is 0 Å². The van der Waals surface area contributed by atoms with Crippen molar-refractivity contribution >= 4 is 29.2 Å². The minimum absolute atomic E-state index is 0.311. The first-order valence-electron chi connectivity index (χ1n) is 5.82. The van der Waals surface area contributed by atoms with Crippen molar-refractivity contribution in [2.45, 2.75) is 6.54 Å². The average Bonchev–Trinajstić information content (AvgIpc) is 2.43. The summed E-state index contributed by atoms with van der Waals surface area (Å²) in [6.07, 6.45) is 0. The smallest absolute Gasteiger partial charge is 0.356 e. The zero-order valence-electron chi connectivity index (χ0n) is 10.6. The molecule has 0 spiro atoms. The van der Waals surface area contributed by atoms with Crippen LogP contribution < -0.4 is 10.9 Å². The Morgan fingerprint density at radius 1 is 1.19 bits per heavy atom. The molecule has 108 valence electrons. The molecule has 0 atom stereocenters. The number of benzene rings is 1. The molecule has 0 fully saturated rings. The van der Waals surface area contributed by atoms with Crippen LogP contribution in [0.5, 0.6) is 0 Å². The van der Waals surface area contributed by atoms with Crippen LogP contribution >= 0.6 is 11.6 Å². The number of amides is 1. The van der Waals surface area contributed by atoms with E-state index >= 15 is 0 Å². The predicted octanol–water partition coefficient (Wildman–Crippen LogP) is 1.23. The first-order valence-corrected chi connectivity index (χ1v) is 6.20. The number of nitrogens with zero attached hydrogens (tertiary/aromatic N) is 2. The summed E-state index contributed by atoms with van der Waals surface area (Å²) in [7, 11) is 0. The zero-order chi connectivity index (χ0) is 15.4. The van der Waals surface area contributed by atoms with E-state index < -0.39 is 17.4 Å². The van der Waals surface area contributed by atoms with Gasteiger partial charge in [0.15, 0.2) is 5.69 Å². The molecule has 1 heterocycles. The Morgan fingerprint density at radius 2 is 1.86 bits per heavy atom. The van der Waals surface area contributed by atoms with Crippen LogP contribution in [0.2, 0.25) is 5.02 Å². The fourth-order valence-corrected chi connectivity index (χ4v) is 1.67. The molecule has 0 unspecified atom stereocenters. The molecule has 1 aromatic heterocycles. The molecule has 0 aliphatic rings. The molecule has 0 aliphatic heterocycles. The van der Waals surface area contributed by atoms with Crippen molar-refractivity contribution in [2.75, 3.05) is 5.32 Å². The maximum absolute atomic E-state index is 11.8. The van der Waals surface area contributed by atoms with Crippen molar-refractivity contribution in [1.29, 1.82) is 0 Å². The number of anilines is 1. The third-order valence-electron chi connectivity index (χ3n) is 2.51. The largest absolute Gasteiger partial charge is 0.476 e. The third kappa shape index (κ3) is 3.90. The lowest BCUT2D eigenvalue weighted by Gasteiger charge is -2.07. The van der Waals surface area contributed by atoms with E-state index in [0.717, 1.165) is 16.8 Å². The number of hydrogen-bond donors (Lipinski definition) is 2. The van der Waals surface area contributed by atoms with Gasteiger partial charge in [-0.15, -0.1) is 0 Å². The van der Waals surface area contributed by atoms with Crippen LogP contribution in [-0.4, -0.2) is 26.8 Å². The molecule has 0 radical (unpaired) electrons. The van der Waals surface area contributed by atoms with Gasteiger partial charge >= 0.3 is 5.97 Å². The molecule has 21 heavy (non-hydrogen) atoms. The maximum Gasteiger partial charge on any atom is 0.356 e. The summed E-state index contributed by atoms with van der Waals surface area (Å²) < 4.78 is 0.786. The highest BCUT2D eigenvalue weighted by atomic mass is 35.5. The summed E-state index contributed by atoms with van der Waals surface area (Å²) in [6, 6.07) is 8.54. The molecule has 0 saturated heterocycles. The molecule has 8 heteroatoms. The van der Waals surface area contributed by atoms with Crippen LogP contribution in [0, 0.1) is 0 Å². The number of aromatic nitrogens is 2. The Hall–Kier alpha value is -2.67. The van der Waals surface area contributed by atoms with Gasteiger partial charge in [-0.05, 0) is 30.3 Å². The Labute approximate surface area is 123 Å². The monoisotopic (exact) mass is 307 g/mol. The number of rotatable bonds is 4. The van der Waals surface area contributed by atoms with Gasteiger partial charge in [-0.25, -0.2) is 9.48 Å².